The van der Waals surface area contributed by atoms with Crippen LogP contribution in [0.2, 0.25) is 0 Å². The highest BCUT2D eigenvalue weighted by Crippen LogP contribution is 2.30. The normalized spacial score (nSPS) is 17.9. The molecular formula is C18H24N2O2. The van der Waals surface area contributed by atoms with Gasteiger partial charge >= 0.3 is 0 Å². The van der Waals surface area contributed by atoms with Gasteiger partial charge in [0.15, 0.2) is 0 Å². The Labute approximate surface area is 132 Å². The highest BCUT2D eigenvalue weighted by molar-refractivity contribution is 5.33. The molecule has 1 aromatic heterocycles. The molecule has 22 heavy (non-hydrogen) atoms. The Morgan fingerprint density at radius 2 is 2.05 bits per heavy atom. The highest BCUT2D eigenvalue weighted by Gasteiger charge is 2.25. The third-order valence-electron chi connectivity index (χ3n) is 4.06. The first-order chi connectivity index (χ1) is 10.9. The molecule has 2 aromatic rings. The summed E-state index contributed by atoms with van der Waals surface area (Å²) in [5.41, 5.74) is 1.25. The Bertz CT molecular complexity index is 543. The molecule has 1 saturated heterocycles. The molecule has 1 unspecified atom stereocenters. The lowest BCUT2D eigenvalue weighted by Gasteiger charge is -2.29. The minimum atomic E-state index is 0.172. The fourth-order valence-corrected chi connectivity index (χ4v) is 3.04. The second-order valence-electron chi connectivity index (χ2n) is 5.56. The molecule has 0 radical (unpaired) electrons. The van der Waals surface area contributed by atoms with E-state index in [1.54, 1.807) is 6.26 Å². The van der Waals surface area contributed by atoms with Crippen LogP contribution in [0.1, 0.15) is 30.7 Å². The minimum Gasteiger partial charge on any atom is -0.494 e. The maximum Gasteiger partial charge on any atom is 0.125 e. The lowest BCUT2D eigenvalue weighted by Crippen LogP contribution is -2.32. The van der Waals surface area contributed by atoms with Crippen LogP contribution in [0.15, 0.2) is 47.1 Å². The van der Waals surface area contributed by atoms with E-state index >= 15 is 0 Å². The van der Waals surface area contributed by atoms with Crippen LogP contribution in [0.25, 0.3) is 0 Å². The van der Waals surface area contributed by atoms with Gasteiger partial charge < -0.3 is 14.5 Å². The molecule has 1 fully saturated rings. The van der Waals surface area contributed by atoms with Crippen molar-refractivity contribution in [3.8, 4) is 5.75 Å². The van der Waals surface area contributed by atoms with Crippen molar-refractivity contribution in [3.05, 3.63) is 54.0 Å². The van der Waals surface area contributed by atoms with Gasteiger partial charge in [-0.1, -0.05) is 12.1 Å². The maximum absolute atomic E-state index is 5.73. The third kappa shape index (κ3) is 3.51. The topological polar surface area (TPSA) is 37.6 Å². The molecule has 1 atom stereocenters. The number of furan rings is 1. The Morgan fingerprint density at radius 1 is 1.18 bits per heavy atom. The first-order valence-electron chi connectivity index (χ1n) is 8.09. The van der Waals surface area contributed by atoms with E-state index in [2.05, 4.69) is 28.4 Å². The van der Waals surface area contributed by atoms with Crippen molar-refractivity contribution in [2.24, 2.45) is 0 Å². The van der Waals surface area contributed by atoms with Gasteiger partial charge in [-0.15, -0.1) is 0 Å². The van der Waals surface area contributed by atoms with Crippen molar-refractivity contribution in [1.29, 1.82) is 0 Å². The average molecular weight is 300 g/mol. The molecule has 2 heterocycles. The second-order valence-corrected chi connectivity index (χ2v) is 5.56. The fourth-order valence-electron chi connectivity index (χ4n) is 3.04. The molecule has 118 valence electrons. The molecule has 1 aromatic carbocycles. The lowest BCUT2D eigenvalue weighted by molar-refractivity contribution is 0.216. The highest BCUT2D eigenvalue weighted by atomic mass is 16.5. The quantitative estimate of drug-likeness (QED) is 0.921. The molecule has 0 spiro atoms. The molecule has 1 aliphatic heterocycles. The first-order valence-corrected chi connectivity index (χ1v) is 8.09. The van der Waals surface area contributed by atoms with Crippen LogP contribution in [0.5, 0.6) is 5.75 Å². The zero-order chi connectivity index (χ0) is 15.2. The molecule has 1 aliphatic rings. The number of benzene rings is 1. The molecule has 4 nitrogen and oxygen atoms in total. The van der Waals surface area contributed by atoms with Crippen molar-refractivity contribution in [3.63, 3.8) is 0 Å². The van der Waals surface area contributed by atoms with Gasteiger partial charge in [0.05, 0.1) is 18.9 Å². The summed E-state index contributed by atoms with van der Waals surface area (Å²) in [5, 5.41) is 3.46. The van der Waals surface area contributed by atoms with Crippen molar-refractivity contribution < 1.29 is 9.15 Å². The van der Waals surface area contributed by atoms with Gasteiger partial charge in [-0.25, -0.2) is 0 Å². The molecule has 3 rings (SSSR count). The van der Waals surface area contributed by atoms with Crippen LogP contribution in [0, 0.1) is 0 Å². The lowest BCUT2D eigenvalue weighted by atomic mass is 10.0. The van der Waals surface area contributed by atoms with E-state index in [0.29, 0.717) is 6.61 Å². The molecule has 4 heteroatoms. The Balaban J connectivity index is 1.87. The SMILES string of the molecule is CCOc1ccc(C(c2ccco2)N2CCCNCC2)cc1. The average Bonchev–Trinajstić information content (AvgIpc) is 2.93. The summed E-state index contributed by atoms with van der Waals surface area (Å²) in [5.74, 6) is 1.92. The van der Waals surface area contributed by atoms with E-state index in [1.807, 2.05) is 25.1 Å². The van der Waals surface area contributed by atoms with E-state index in [9.17, 15) is 0 Å². The van der Waals surface area contributed by atoms with E-state index in [0.717, 1.165) is 44.1 Å². The fraction of sp³-hybridized carbons (Fsp3) is 0.444. The van der Waals surface area contributed by atoms with Crippen LogP contribution in [-0.4, -0.2) is 37.7 Å². The molecule has 0 amide bonds. The number of nitrogens with one attached hydrogen (secondary N) is 1. The molecular weight excluding hydrogens is 276 g/mol. The predicted molar refractivity (Wildman–Crippen MR) is 87.2 cm³/mol. The summed E-state index contributed by atoms with van der Waals surface area (Å²) < 4.78 is 11.3. The molecule has 0 aliphatic carbocycles. The smallest absolute Gasteiger partial charge is 0.125 e. The summed E-state index contributed by atoms with van der Waals surface area (Å²) in [6.45, 7) is 6.91. The van der Waals surface area contributed by atoms with Crippen LogP contribution in [0.3, 0.4) is 0 Å². The number of hydrogen-bond acceptors (Lipinski definition) is 4. The van der Waals surface area contributed by atoms with Crippen molar-refractivity contribution in [2.45, 2.75) is 19.4 Å². The predicted octanol–water partition coefficient (Wildman–Crippen LogP) is 3.06. The van der Waals surface area contributed by atoms with Crippen molar-refractivity contribution >= 4 is 0 Å². The maximum atomic E-state index is 5.73. The standard InChI is InChI=1S/C18H24N2O2/c1-2-21-16-8-6-15(7-9-16)18(17-5-3-14-22-17)20-12-4-10-19-11-13-20/h3,5-9,14,18-19H,2,4,10-13H2,1H3. The van der Waals surface area contributed by atoms with Crippen LogP contribution >= 0.6 is 0 Å². The summed E-state index contributed by atoms with van der Waals surface area (Å²) in [4.78, 5) is 2.49. The Hall–Kier alpha value is -1.78. The largest absolute Gasteiger partial charge is 0.494 e. The zero-order valence-electron chi connectivity index (χ0n) is 13.1. The third-order valence-corrected chi connectivity index (χ3v) is 4.06. The van der Waals surface area contributed by atoms with E-state index in [4.69, 9.17) is 9.15 Å². The van der Waals surface area contributed by atoms with Crippen LogP contribution in [-0.2, 0) is 0 Å². The zero-order valence-corrected chi connectivity index (χ0v) is 13.1. The summed E-state index contributed by atoms with van der Waals surface area (Å²) in [6, 6.07) is 12.6. The molecule has 1 N–H and O–H groups in total. The number of rotatable bonds is 5. The Morgan fingerprint density at radius 3 is 2.77 bits per heavy atom. The monoisotopic (exact) mass is 300 g/mol. The van der Waals surface area contributed by atoms with Gasteiger partial charge in [-0.05, 0) is 49.7 Å². The summed E-state index contributed by atoms with van der Waals surface area (Å²) in [6.07, 6.45) is 2.92. The van der Waals surface area contributed by atoms with Gasteiger partial charge in [-0.2, -0.15) is 0 Å². The van der Waals surface area contributed by atoms with Gasteiger partial charge in [0.1, 0.15) is 11.5 Å². The van der Waals surface area contributed by atoms with Crippen LogP contribution < -0.4 is 10.1 Å². The first kappa shape index (κ1) is 15.1. The Kier molecular flexibility index (Phi) is 5.14. The van der Waals surface area contributed by atoms with E-state index in [1.165, 1.54) is 5.56 Å². The number of nitrogens with zero attached hydrogens (tertiary/aromatic N) is 1. The van der Waals surface area contributed by atoms with Crippen molar-refractivity contribution in [2.75, 3.05) is 32.8 Å². The number of ether oxygens (including phenoxy) is 1. The van der Waals surface area contributed by atoms with Gasteiger partial charge in [-0.3, -0.25) is 4.90 Å². The second kappa shape index (κ2) is 7.47. The summed E-state index contributed by atoms with van der Waals surface area (Å²) in [7, 11) is 0. The van der Waals surface area contributed by atoms with E-state index in [-0.39, 0.29) is 6.04 Å². The van der Waals surface area contributed by atoms with Gasteiger partial charge in [0.2, 0.25) is 0 Å². The minimum absolute atomic E-state index is 0.172. The molecule has 0 saturated carbocycles. The summed E-state index contributed by atoms with van der Waals surface area (Å²) >= 11 is 0. The molecule has 0 bridgehead atoms. The van der Waals surface area contributed by atoms with Gasteiger partial charge in [0, 0.05) is 19.6 Å². The van der Waals surface area contributed by atoms with E-state index < -0.39 is 0 Å². The number of hydrogen-bond donors (Lipinski definition) is 1. The van der Waals surface area contributed by atoms with Crippen molar-refractivity contribution in [1.82, 2.24) is 10.2 Å². The van der Waals surface area contributed by atoms with Gasteiger partial charge in [0.25, 0.3) is 0 Å². The van der Waals surface area contributed by atoms with Crippen LogP contribution in [0.4, 0.5) is 0 Å².